The third-order valence-electron chi connectivity index (χ3n) is 6.65. The highest BCUT2D eigenvalue weighted by Gasteiger charge is 2.41. The molecule has 2 fully saturated rings. The molecule has 2 aromatic rings. The van der Waals surface area contributed by atoms with Crippen LogP contribution in [0.25, 0.3) is 11.1 Å². The maximum Gasteiger partial charge on any atom is 0.225 e. The Morgan fingerprint density at radius 1 is 1.00 bits per heavy atom. The van der Waals surface area contributed by atoms with Crippen LogP contribution in [0.3, 0.4) is 0 Å². The van der Waals surface area contributed by atoms with E-state index >= 15 is 0 Å². The molecular formula is C24H31ClN2O. The summed E-state index contributed by atoms with van der Waals surface area (Å²) in [7, 11) is 1.95. The highest BCUT2D eigenvalue weighted by Crippen LogP contribution is 2.42. The molecule has 2 aliphatic carbocycles. The summed E-state index contributed by atoms with van der Waals surface area (Å²) in [5.74, 6) is 1.52. The van der Waals surface area contributed by atoms with Gasteiger partial charge < -0.3 is 10.6 Å². The number of carbonyl (C=O) groups excluding carboxylic acids is 1. The summed E-state index contributed by atoms with van der Waals surface area (Å²) in [5.41, 5.74) is 10.0. The van der Waals surface area contributed by atoms with Crippen LogP contribution in [0.5, 0.6) is 0 Å². The smallest absolute Gasteiger partial charge is 0.225 e. The Hall–Kier alpha value is -1.84. The molecule has 3 nitrogen and oxygen atoms in total. The van der Waals surface area contributed by atoms with Crippen LogP contribution in [0.2, 0.25) is 0 Å². The molecule has 150 valence electrons. The van der Waals surface area contributed by atoms with Crippen molar-refractivity contribution in [1.82, 2.24) is 4.90 Å². The zero-order valence-corrected chi connectivity index (χ0v) is 17.4. The Kier molecular flexibility index (Phi) is 6.79. The molecule has 2 N–H and O–H groups in total. The van der Waals surface area contributed by atoms with E-state index in [2.05, 4.69) is 48.5 Å². The minimum Gasteiger partial charge on any atom is -0.341 e. The first-order chi connectivity index (χ1) is 13.1. The van der Waals surface area contributed by atoms with Crippen LogP contribution in [-0.4, -0.2) is 23.9 Å². The maximum absolute atomic E-state index is 13.2. The van der Waals surface area contributed by atoms with Crippen LogP contribution in [0, 0.1) is 17.8 Å². The van der Waals surface area contributed by atoms with Crippen LogP contribution in [0.15, 0.2) is 54.6 Å². The van der Waals surface area contributed by atoms with E-state index in [0.29, 0.717) is 30.3 Å². The third kappa shape index (κ3) is 4.26. The van der Waals surface area contributed by atoms with Gasteiger partial charge in [0.2, 0.25) is 5.91 Å². The number of fused-ring (bicyclic) bond motifs is 2. The van der Waals surface area contributed by atoms with Crippen molar-refractivity contribution >= 4 is 18.3 Å². The van der Waals surface area contributed by atoms with Crippen LogP contribution in [0.4, 0.5) is 0 Å². The van der Waals surface area contributed by atoms with Crippen molar-refractivity contribution in [1.29, 1.82) is 0 Å². The average Bonchev–Trinajstić information content (AvgIpc) is 2.68. The van der Waals surface area contributed by atoms with Crippen LogP contribution in [0.1, 0.15) is 37.7 Å². The van der Waals surface area contributed by atoms with E-state index < -0.39 is 0 Å². The Morgan fingerprint density at radius 2 is 1.61 bits per heavy atom. The Morgan fingerprint density at radius 3 is 2.29 bits per heavy atom. The molecule has 0 aromatic heterocycles. The number of benzene rings is 2. The second-order valence-electron chi connectivity index (χ2n) is 8.41. The lowest BCUT2D eigenvalue weighted by atomic mass is 9.65. The van der Waals surface area contributed by atoms with Gasteiger partial charge in [0.05, 0.1) is 0 Å². The van der Waals surface area contributed by atoms with Gasteiger partial charge in [-0.25, -0.2) is 0 Å². The zero-order valence-electron chi connectivity index (χ0n) is 16.6. The molecule has 1 amide bonds. The standard InChI is InChI=1S/C24H30N2O.ClH/c1-26(24(27)21-14-18-11-7-12-19(15-21)23(18)25)16-20-10-5-6-13-22(20)17-8-3-2-4-9-17;/h2-6,8-10,13,18-19,21,23H,7,11-12,14-16,25H2,1H3;1H. The molecule has 0 radical (unpaired) electrons. The number of rotatable bonds is 4. The molecule has 2 aliphatic rings. The highest BCUT2D eigenvalue weighted by atomic mass is 35.5. The maximum atomic E-state index is 13.2. The Bertz CT molecular complexity index is 780. The van der Waals surface area contributed by atoms with E-state index in [1.54, 1.807) is 0 Å². The van der Waals surface area contributed by atoms with Crippen LogP contribution < -0.4 is 5.73 Å². The van der Waals surface area contributed by atoms with Gasteiger partial charge in [0, 0.05) is 25.6 Å². The summed E-state index contributed by atoms with van der Waals surface area (Å²) in [5, 5.41) is 0. The van der Waals surface area contributed by atoms with Crippen molar-refractivity contribution < 1.29 is 4.79 Å². The molecule has 2 atom stereocenters. The van der Waals surface area contributed by atoms with Gasteiger partial charge in [-0.15, -0.1) is 12.4 Å². The molecule has 0 aliphatic heterocycles. The lowest BCUT2D eigenvalue weighted by molar-refractivity contribution is -0.137. The van der Waals surface area contributed by atoms with Gasteiger partial charge in [-0.3, -0.25) is 4.79 Å². The van der Waals surface area contributed by atoms with Gasteiger partial charge in [0.1, 0.15) is 0 Å². The average molecular weight is 399 g/mol. The van der Waals surface area contributed by atoms with Crippen molar-refractivity contribution in [2.24, 2.45) is 23.5 Å². The molecule has 0 saturated heterocycles. The Labute approximate surface area is 174 Å². The molecule has 4 heteroatoms. The fourth-order valence-corrected chi connectivity index (χ4v) is 5.19. The molecular weight excluding hydrogens is 368 g/mol. The van der Waals surface area contributed by atoms with E-state index in [9.17, 15) is 4.79 Å². The Balaban J connectivity index is 0.00000225. The first kappa shape index (κ1) is 20.9. The second-order valence-corrected chi connectivity index (χ2v) is 8.41. The number of nitrogens with zero attached hydrogens (tertiary/aromatic N) is 1. The van der Waals surface area contributed by atoms with Crippen molar-refractivity contribution in [2.75, 3.05) is 7.05 Å². The molecule has 2 bridgehead atoms. The summed E-state index contributed by atoms with van der Waals surface area (Å²) >= 11 is 0. The van der Waals surface area contributed by atoms with E-state index in [1.807, 2.05) is 18.0 Å². The minimum atomic E-state index is 0. The highest BCUT2D eigenvalue weighted by molar-refractivity contribution is 5.85. The van der Waals surface area contributed by atoms with Gasteiger partial charge in [0.15, 0.2) is 0 Å². The topological polar surface area (TPSA) is 46.3 Å². The molecule has 2 aromatic carbocycles. The molecule has 2 saturated carbocycles. The van der Waals surface area contributed by atoms with E-state index in [-0.39, 0.29) is 18.3 Å². The fraction of sp³-hybridized carbons (Fsp3) is 0.458. The minimum absolute atomic E-state index is 0. The van der Waals surface area contributed by atoms with Crippen molar-refractivity contribution in [3.05, 3.63) is 60.2 Å². The monoisotopic (exact) mass is 398 g/mol. The van der Waals surface area contributed by atoms with Crippen LogP contribution >= 0.6 is 12.4 Å². The predicted molar refractivity (Wildman–Crippen MR) is 117 cm³/mol. The summed E-state index contributed by atoms with van der Waals surface area (Å²) < 4.78 is 0. The van der Waals surface area contributed by atoms with E-state index in [0.717, 1.165) is 12.8 Å². The van der Waals surface area contributed by atoms with E-state index in [4.69, 9.17) is 5.73 Å². The first-order valence-corrected chi connectivity index (χ1v) is 10.3. The van der Waals surface area contributed by atoms with Gasteiger partial charge in [0.25, 0.3) is 0 Å². The van der Waals surface area contributed by atoms with E-state index in [1.165, 1.54) is 36.0 Å². The summed E-state index contributed by atoms with van der Waals surface area (Å²) in [6.45, 7) is 0.655. The number of hydrogen-bond acceptors (Lipinski definition) is 2. The molecule has 28 heavy (non-hydrogen) atoms. The van der Waals surface area contributed by atoms with Crippen molar-refractivity contribution in [2.45, 2.75) is 44.7 Å². The quantitative estimate of drug-likeness (QED) is 0.797. The lowest BCUT2D eigenvalue weighted by Crippen LogP contribution is -2.49. The summed E-state index contributed by atoms with van der Waals surface area (Å²) in [4.78, 5) is 15.1. The molecule has 4 rings (SSSR count). The number of nitrogens with two attached hydrogens (primary N) is 1. The third-order valence-corrected chi connectivity index (χ3v) is 6.65. The normalized spacial score (nSPS) is 26.2. The largest absolute Gasteiger partial charge is 0.341 e. The van der Waals surface area contributed by atoms with Gasteiger partial charge in [-0.1, -0.05) is 61.0 Å². The lowest BCUT2D eigenvalue weighted by Gasteiger charge is -2.44. The van der Waals surface area contributed by atoms with Crippen molar-refractivity contribution in [3.63, 3.8) is 0 Å². The zero-order chi connectivity index (χ0) is 18.8. The SMILES string of the molecule is CN(Cc1ccccc1-c1ccccc1)C(=O)C1CC2CCCC(C1)C2N.Cl. The van der Waals surface area contributed by atoms with Crippen LogP contribution in [-0.2, 0) is 11.3 Å². The molecule has 0 heterocycles. The molecule has 0 spiro atoms. The van der Waals surface area contributed by atoms with Gasteiger partial charge in [-0.2, -0.15) is 0 Å². The van der Waals surface area contributed by atoms with Gasteiger partial charge in [-0.05, 0) is 54.2 Å². The number of halogens is 1. The van der Waals surface area contributed by atoms with Gasteiger partial charge >= 0.3 is 0 Å². The number of hydrogen-bond donors (Lipinski definition) is 1. The summed E-state index contributed by atoms with van der Waals surface area (Å²) in [6.07, 6.45) is 5.62. The number of carbonyl (C=O) groups is 1. The molecule has 2 unspecified atom stereocenters. The summed E-state index contributed by atoms with van der Waals surface area (Å²) in [6, 6.07) is 19.1. The van der Waals surface area contributed by atoms with Crippen molar-refractivity contribution in [3.8, 4) is 11.1 Å². The fourth-order valence-electron chi connectivity index (χ4n) is 5.19. The predicted octanol–water partition coefficient (Wildman–Crippen LogP) is 4.89. The second kappa shape index (κ2) is 9.11. The number of amides is 1. The first-order valence-electron chi connectivity index (χ1n) is 10.3.